The molecule has 0 aromatic rings. The average molecular weight is 213 g/mol. The predicted octanol–water partition coefficient (Wildman–Crippen LogP) is 0.819. The highest BCUT2D eigenvalue weighted by Gasteiger charge is 2.48. The molecule has 0 spiro atoms. The third kappa shape index (κ3) is 2.22. The van der Waals surface area contributed by atoms with Crippen molar-refractivity contribution in [2.45, 2.75) is 39.0 Å². The van der Waals surface area contributed by atoms with Crippen LogP contribution in [-0.4, -0.2) is 23.5 Å². The molecule has 1 rings (SSSR count). The maximum absolute atomic E-state index is 11.8. The summed E-state index contributed by atoms with van der Waals surface area (Å²) >= 11 is 0. The Morgan fingerprint density at radius 2 is 2.27 bits per heavy atom. The number of hydrogen-bond acceptors (Lipinski definition) is 3. The van der Waals surface area contributed by atoms with E-state index in [0.29, 0.717) is 19.4 Å². The fourth-order valence-corrected chi connectivity index (χ4v) is 1.77. The van der Waals surface area contributed by atoms with Gasteiger partial charge in [0.2, 0.25) is 5.91 Å². The van der Waals surface area contributed by atoms with E-state index in [1.165, 1.54) is 0 Å². The van der Waals surface area contributed by atoms with Crippen LogP contribution < -0.4 is 11.1 Å². The lowest BCUT2D eigenvalue weighted by atomic mass is 9.67. The van der Waals surface area contributed by atoms with Crippen LogP contribution in [0.15, 0.2) is 5.16 Å². The van der Waals surface area contributed by atoms with E-state index in [2.05, 4.69) is 17.4 Å². The normalized spacial score (nSPS) is 19.4. The van der Waals surface area contributed by atoms with Gasteiger partial charge in [-0.05, 0) is 19.3 Å². The largest absolute Gasteiger partial charge is 0.409 e. The van der Waals surface area contributed by atoms with Crippen LogP contribution in [0.25, 0.3) is 0 Å². The van der Waals surface area contributed by atoms with Crippen LogP contribution in [0.2, 0.25) is 0 Å². The van der Waals surface area contributed by atoms with Crippen LogP contribution in [0.1, 0.15) is 39.0 Å². The summed E-state index contributed by atoms with van der Waals surface area (Å²) in [6.07, 6.45) is 4.31. The highest BCUT2D eigenvalue weighted by molar-refractivity contribution is 6.07. The molecule has 0 aromatic heterocycles. The van der Waals surface area contributed by atoms with Gasteiger partial charge in [-0.1, -0.05) is 24.9 Å². The molecule has 0 unspecified atom stereocenters. The Morgan fingerprint density at radius 1 is 1.60 bits per heavy atom. The van der Waals surface area contributed by atoms with Crippen molar-refractivity contribution in [2.75, 3.05) is 6.54 Å². The maximum atomic E-state index is 11.8. The number of carbonyl (C=O) groups excluding carboxylic acids is 1. The van der Waals surface area contributed by atoms with E-state index in [1.54, 1.807) is 0 Å². The van der Waals surface area contributed by atoms with Crippen molar-refractivity contribution in [1.82, 2.24) is 5.32 Å². The van der Waals surface area contributed by atoms with Gasteiger partial charge in [-0.25, -0.2) is 0 Å². The molecule has 0 radical (unpaired) electrons. The molecule has 1 aliphatic rings. The number of carbonyl (C=O) groups is 1. The molecule has 0 heterocycles. The summed E-state index contributed by atoms with van der Waals surface area (Å²) in [7, 11) is 0. The SMILES string of the molecule is CCCCNC(=O)C1(C(N)=NO)CCC1. The van der Waals surface area contributed by atoms with Gasteiger partial charge in [0.25, 0.3) is 0 Å². The van der Waals surface area contributed by atoms with Gasteiger partial charge < -0.3 is 16.3 Å². The van der Waals surface area contributed by atoms with Crippen LogP contribution in [-0.2, 0) is 4.79 Å². The first kappa shape index (κ1) is 11.8. The maximum Gasteiger partial charge on any atom is 0.233 e. The number of amidine groups is 1. The third-order valence-electron chi connectivity index (χ3n) is 3.06. The Morgan fingerprint density at radius 3 is 2.67 bits per heavy atom. The van der Waals surface area contributed by atoms with Crippen LogP contribution in [0.3, 0.4) is 0 Å². The first-order chi connectivity index (χ1) is 7.17. The smallest absolute Gasteiger partial charge is 0.233 e. The highest BCUT2D eigenvalue weighted by Crippen LogP contribution is 2.41. The summed E-state index contributed by atoms with van der Waals surface area (Å²) < 4.78 is 0. The Kier molecular flexibility index (Phi) is 3.94. The molecule has 0 atom stereocenters. The summed E-state index contributed by atoms with van der Waals surface area (Å²) in [5.74, 6) is -0.0553. The second-order valence-corrected chi connectivity index (χ2v) is 4.03. The van der Waals surface area contributed by atoms with E-state index < -0.39 is 5.41 Å². The summed E-state index contributed by atoms with van der Waals surface area (Å²) in [4.78, 5) is 11.8. The van der Waals surface area contributed by atoms with Gasteiger partial charge >= 0.3 is 0 Å². The monoisotopic (exact) mass is 213 g/mol. The molecule has 5 nitrogen and oxygen atoms in total. The highest BCUT2D eigenvalue weighted by atomic mass is 16.4. The Bertz CT molecular complexity index is 259. The van der Waals surface area contributed by atoms with Crippen molar-refractivity contribution >= 4 is 11.7 Å². The second kappa shape index (κ2) is 5.00. The number of amides is 1. The molecule has 0 saturated heterocycles. The molecule has 1 aliphatic carbocycles. The van der Waals surface area contributed by atoms with Crippen molar-refractivity contribution in [2.24, 2.45) is 16.3 Å². The minimum Gasteiger partial charge on any atom is -0.409 e. The second-order valence-electron chi connectivity index (χ2n) is 4.03. The fourth-order valence-electron chi connectivity index (χ4n) is 1.77. The van der Waals surface area contributed by atoms with Gasteiger partial charge in [0, 0.05) is 6.54 Å². The number of hydrogen-bond donors (Lipinski definition) is 3. The van der Waals surface area contributed by atoms with E-state index in [4.69, 9.17) is 10.9 Å². The quantitative estimate of drug-likeness (QED) is 0.208. The number of oxime groups is 1. The molecule has 0 aliphatic heterocycles. The molecule has 1 fully saturated rings. The van der Waals surface area contributed by atoms with Gasteiger partial charge in [-0.3, -0.25) is 4.79 Å². The minimum absolute atomic E-state index is 0.0442. The Balaban J connectivity index is 2.55. The first-order valence-corrected chi connectivity index (χ1v) is 5.43. The first-order valence-electron chi connectivity index (χ1n) is 5.43. The van der Waals surface area contributed by atoms with Crippen molar-refractivity contribution in [1.29, 1.82) is 0 Å². The van der Waals surface area contributed by atoms with Crippen molar-refractivity contribution in [3.8, 4) is 0 Å². The summed E-state index contributed by atoms with van der Waals surface area (Å²) in [6.45, 7) is 2.73. The Hall–Kier alpha value is -1.26. The standard InChI is InChI=1S/C10H19N3O2/c1-2-3-7-12-9(14)10(5-4-6-10)8(11)13-15/h15H,2-7H2,1H3,(H2,11,13)(H,12,14). The lowest BCUT2D eigenvalue weighted by Gasteiger charge is -2.38. The van der Waals surface area contributed by atoms with Crippen molar-refractivity contribution < 1.29 is 10.0 Å². The van der Waals surface area contributed by atoms with Crippen LogP contribution >= 0.6 is 0 Å². The predicted molar refractivity (Wildman–Crippen MR) is 57.6 cm³/mol. The molecule has 86 valence electrons. The topological polar surface area (TPSA) is 87.7 Å². The van der Waals surface area contributed by atoms with Crippen LogP contribution in [0.4, 0.5) is 0 Å². The molecule has 5 heteroatoms. The molecule has 0 bridgehead atoms. The van der Waals surface area contributed by atoms with E-state index in [-0.39, 0.29) is 11.7 Å². The van der Waals surface area contributed by atoms with E-state index in [0.717, 1.165) is 19.3 Å². The van der Waals surface area contributed by atoms with Crippen molar-refractivity contribution in [3.63, 3.8) is 0 Å². The summed E-state index contributed by atoms with van der Waals surface area (Å²) in [5.41, 5.74) is 4.82. The molecule has 1 amide bonds. The van der Waals surface area contributed by atoms with Gasteiger partial charge in [0.1, 0.15) is 5.41 Å². The summed E-state index contributed by atoms with van der Waals surface area (Å²) in [5, 5.41) is 14.4. The van der Waals surface area contributed by atoms with E-state index in [1.807, 2.05) is 0 Å². The molecular weight excluding hydrogens is 194 g/mol. The molecule has 1 saturated carbocycles. The van der Waals surface area contributed by atoms with Crippen LogP contribution in [0, 0.1) is 5.41 Å². The van der Waals surface area contributed by atoms with E-state index in [9.17, 15) is 4.79 Å². The lowest BCUT2D eigenvalue weighted by molar-refractivity contribution is -0.131. The number of nitrogens with one attached hydrogen (secondary N) is 1. The number of rotatable bonds is 5. The van der Waals surface area contributed by atoms with Gasteiger partial charge in [-0.2, -0.15) is 0 Å². The third-order valence-corrected chi connectivity index (χ3v) is 3.06. The van der Waals surface area contributed by atoms with Gasteiger partial charge in [0.05, 0.1) is 0 Å². The Labute approximate surface area is 89.7 Å². The lowest BCUT2D eigenvalue weighted by Crippen LogP contribution is -2.54. The zero-order valence-electron chi connectivity index (χ0n) is 9.12. The van der Waals surface area contributed by atoms with E-state index >= 15 is 0 Å². The molecular formula is C10H19N3O2. The zero-order chi connectivity index (χ0) is 11.3. The average Bonchev–Trinajstić information content (AvgIpc) is 2.16. The molecule has 0 aromatic carbocycles. The minimum atomic E-state index is -0.734. The van der Waals surface area contributed by atoms with Gasteiger partial charge in [-0.15, -0.1) is 0 Å². The van der Waals surface area contributed by atoms with Gasteiger partial charge in [0.15, 0.2) is 5.84 Å². The molecule has 4 N–H and O–H groups in total. The van der Waals surface area contributed by atoms with Crippen LogP contribution in [0.5, 0.6) is 0 Å². The number of nitrogens with zero attached hydrogens (tertiary/aromatic N) is 1. The molecule has 15 heavy (non-hydrogen) atoms. The summed E-state index contributed by atoms with van der Waals surface area (Å²) in [6, 6.07) is 0. The fraction of sp³-hybridized carbons (Fsp3) is 0.800. The zero-order valence-corrected chi connectivity index (χ0v) is 9.12. The number of unbranched alkanes of at least 4 members (excludes halogenated alkanes) is 1. The van der Waals surface area contributed by atoms with Crippen molar-refractivity contribution in [3.05, 3.63) is 0 Å². The number of nitrogens with two attached hydrogens (primary N) is 1.